The first-order valence-electron chi connectivity index (χ1n) is 8.45. The average molecular weight is 337 g/mol. The Hall–Kier alpha value is -2.82. The fourth-order valence-electron chi connectivity index (χ4n) is 2.75. The third kappa shape index (κ3) is 3.65. The molecule has 130 valence electrons. The number of aryl methyl sites for hydroxylation is 2. The van der Waals surface area contributed by atoms with E-state index in [9.17, 15) is 4.79 Å². The van der Waals surface area contributed by atoms with Gasteiger partial charge in [-0.15, -0.1) is 0 Å². The second kappa shape index (κ2) is 7.38. The lowest BCUT2D eigenvalue weighted by molar-refractivity contribution is -0.105. The molecule has 1 aromatic carbocycles. The third-order valence-electron chi connectivity index (χ3n) is 4.20. The number of nitrogens with one attached hydrogen (secondary N) is 1. The highest BCUT2D eigenvalue weighted by Gasteiger charge is 2.15. The fraction of sp³-hybridized carbons (Fsp3) is 0.300. The van der Waals surface area contributed by atoms with Crippen LogP contribution in [-0.2, 0) is 11.8 Å². The Morgan fingerprint density at radius 2 is 2.00 bits per heavy atom. The van der Waals surface area contributed by atoms with Gasteiger partial charge in [-0.3, -0.25) is 4.79 Å². The van der Waals surface area contributed by atoms with Crippen molar-refractivity contribution in [3.8, 4) is 17.0 Å². The zero-order valence-corrected chi connectivity index (χ0v) is 14.9. The molecule has 25 heavy (non-hydrogen) atoms. The van der Waals surface area contributed by atoms with Crippen LogP contribution in [0.2, 0.25) is 0 Å². The van der Waals surface area contributed by atoms with Crippen molar-refractivity contribution >= 4 is 23.1 Å². The van der Waals surface area contributed by atoms with Crippen molar-refractivity contribution in [3.63, 3.8) is 0 Å². The smallest absolute Gasteiger partial charge is 0.212 e. The summed E-state index contributed by atoms with van der Waals surface area (Å²) in [5, 5.41) is 3.59. The van der Waals surface area contributed by atoms with E-state index < -0.39 is 0 Å². The normalized spacial score (nSPS) is 12.3. The molecular weight excluding hydrogens is 314 g/mol. The van der Waals surface area contributed by atoms with Crippen LogP contribution in [0.5, 0.6) is 5.75 Å². The van der Waals surface area contributed by atoms with Crippen LogP contribution in [0.4, 0.5) is 5.82 Å². The van der Waals surface area contributed by atoms with E-state index in [0.717, 1.165) is 33.5 Å². The standard InChI is InChI=1S/C17H17N3O2.C3H6/c1-11-5-4-6-15(22-3)17(11)13-7-12-8-16(19-10-21)18-9-14(12)20(13)2;1-2-3-1/h4-10H,1-3H3,(H,18,19,21);1-3H2. The van der Waals surface area contributed by atoms with Crippen LogP contribution >= 0.6 is 0 Å². The number of aromatic nitrogens is 2. The maximum absolute atomic E-state index is 10.6. The third-order valence-corrected chi connectivity index (χ3v) is 4.20. The molecule has 1 amide bonds. The Bertz CT molecular complexity index is 895. The molecule has 4 rings (SSSR count). The molecule has 1 saturated carbocycles. The Morgan fingerprint density at radius 1 is 1.24 bits per heavy atom. The highest BCUT2D eigenvalue weighted by molar-refractivity contribution is 5.90. The first-order valence-corrected chi connectivity index (χ1v) is 8.45. The minimum Gasteiger partial charge on any atom is -0.496 e. The predicted octanol–water partition coefficient (Wildman–Crippen LogP) is 4.30. The quantitative estimate of drug-likeness (QED) is 0.722. The number of carbonyl (C=O) groups excluding carboxylic acids is 1. The molecule has 2 heterocycles. The van der Waals surface area contributed by atoms with Crippen LogP contribution in [0.15, 0.2) is 36.5 Å². The molecule has 5 nitrogen and oxygen atoms in total. The average Bonchev–Trinajstić information content (AvgIpc) is 3.46. The predicted molar refractivity (Wildman–Crippen MR) is 101 cm³/mol. The van der Waals surface area contributed by atoms with Crippen LogP contribution in [0, 0.1) is 6.92 Å². The van der Waals surface area contributed by atoms with E-state index in [2.05, 4.69) is 33.9 Å². The molecule has 0 spiro atoms. The van der Waals surface area contributed by atoms with Gasteiger partial charge in [-0.05, 0) is 30.7 Å². The molecule has 0 unspecified atom stereocenters. The summed E-state index contributed by atoms with van der Waals surface area (Å²) in [4.78, 5) is 14.8. The molecule has 5 heteroatoms. The summed E-state index contributed by atoms with van der Waals surface area (Å²) in [5.74, 6) is 1.38. The van der Waals surface area contributed by atoms with Crippen molar-refractivity contribution < 1.29 is 9.53 Å². The molecule has 1 aliphatic rings. The second-order valence-electron chi connectivity index (χ2n) is 6.19. The largest absolute Gasteiger partial charge is 0.496 e. The molecular formula is C20H23N3O2. The molecule has 2 aromatic heterocycles. The summed E-state index contributed by atoms with van der Waals surface area (Å²) in [6, 6.07) is 9.94. The number of ether oxygens (including phenoxy) is 1. The van der Waals surface area contributed by atoms with Crippen molar-refractivity contribution in [3.05, 3.63) is 42.1 Å². The van der Waals surface area contributed by atoms with Crippen molar-refractivity contribution in [2.45, 2.75) is 26.2 Å². The Balaban J connectivity index is 0.000000549. The number of methoxy groups -OCH3 is 1. The van der Waals surface area contributed by atoms with Gasteiger partial charge in [-0.1, -0.05) is 31.4 Å². The van der Waals surface area contributed by atoms with Crippen LogP contribution in [0.1, 0.15) is 24.8 Å². The van der Waals surface area contributed by atoms with Gasteiger partial charge in [-0.25, -0.2) is 4.98 Å². The molecule has 0 aliphatic heterocycles. The van der Waals surface area contributed by atoms with Crippen LogP contribution in [0.3, 0.4) is 0 Å². The summed E-state index contributed by atoms with van der Waals surface area (Å²) in [6.45, 7) is 2.06. The van der Waals surface area contributed by atoms with Gasteiger partial charge in [0.05, 0.1) is 24.5 Å². The number of hydrogen-bond acceptors (Lipinski definition) is 3. The van der Waals surface area contributed by atoms with Gasteiger partial charge in [0.1, 0.15) is 11.6 Å². The second-order valence-corrected chi connectivity index (χ2v) is 6.19. The molecule has 1 fully saturated rings. The van der Waals surface area contributed by atoms with Gasteiger partial charge in [-0.2, -0.15) is 0 Å². The highest BCUT2D eigenvalue weighted by atomic mass is 16.5. The van der Waals surface area contributed by atoms with Crippen molar-refractivity contribution in [1.29, 1.82) is 0 Å². The topological polar surface area (TPSA) is 56.1 Å². The molecule has 0 atom stereocenters. The molecule has 0 radical (unpaired) electrons. The number of pyridine rings is 1. The zero-order valence-electron chi connectivity index (χ0n) is 14.9. The number of rotatable bonds is 4. The number of amides is 1. The number of anilines is 1. The summed E-state index contributed by atoms with van der Waals surface area (Å²) >= 11 is 0. The van der Waals surface area contributed by atoms with Gasteiger partial charge in [0, 0.05) is 18.0 Å². The van der Waals surface area contributed by atoms with E-state index in [1.165, 1.54) is 19.3 Å². The Kier molecular flexibility index (Phi) is 5.03. The minimum absolute atomic E-state index is 0.538. The number of carbonyl (C=O) groups is 1. The Morgan fingerprint density at radius 3 is 2.64 bits per heavy atom. The van der Waals surface area contributed by atoms with Crippen molar-refractivity contribution in [2.75, 3.05) is 12.4 Å². The lowest BCUT2D eigenvalue weighted by atomic mass is 10.0. The first kappa shape index (κ1) is 17.0. The molecule has 0 saturated heterocycles. The monoisotopic (exact) mass is 337 g/mol. The van der Waals surface area contributed by atoms with Gasteiger partial charge >= 0.3 is 0 Å². The van der Waals surface area contributed by atoms with E-state index in [1.54, 1.807) is 13.3 Å². The highest BCUT2D eigenvalue weighted by Crippen LogP contribution is 2.36. The lowest BCUT2D eigenvalue weighted by Gasteiger charge is -2.12. The van der Waals surface area contributed by atoms with E-state index in [1.807, 2.05) is 25.2 Å². The summed E-state index contributed by atoms with van der Waals surface area (Å²) < 4.78 is 7.59. The van der Waals surface area contributed by atoms with Gasteiger partial charge in [0.25, 0.3) is 0 Å². The Labute approximate surface area is 147 Å². The molecule has 0 bridgehead atoms. The molecule has 1 N–H and O–H groups in total. The lowest BCUT2D eigenvalue weighted by Crippen LogP contribution is -1.98. The van der Waals surface area contributed by atoms with Crippen molar-refractivity contribution in [1.82, 2.24) is 9.55 Å². The maximum atomic E-state index is 10.6. The molecule has 3 aromatic rings. The number of hydrogen-bond donors (Lipinski definition) is 1. The van der Waals surface area contributed by atoms with E-state index in [-0.39, 0.29) is 0 Å². The minimum atomic E-state index is 0.538. The SMILES string of the molecule is C1CC1.COc1cccc(C)c1-c1cc2cc(NC=O)ncc2n1C. The van der Waals surface area contributed by atoms with Crippen LogP contribution in [0.25, 0.3) is 22.2 Å². The van der Waals surface area contributed by atoms with E-state index in [4.69, 9.17) is 4.74 Å². The van der Waals surface area contributed by atoms with Crippen molar-refractivity contribution in [2.24, 2.45) is 7.05 Å². The summed E-state index contributed by atoms with van der Waals surface area (Å²) in [5.41, 5.74) is 4.25. The van der Waals surface area contributed by atoms with Gasteiger partial charge in [0.15, 0.2) is 0 Å². The fourth-order valence-corrected chi connectivity index (χ4v) is 2.75. The first-order chi connectivity index (χ1) is 12.2. The maximum Gasteiger partial charge on any atom is 0.212 e. The van der Waals surface area contributed by atoms with Crippen LogP contribution in [-0.4, -0.2) is 23.1 Å². The van der Waals surface area contributed by atoms with E-state index >= 15 is 0 Å². The number of fused-ring (bicyclic) bond motifs is 1. The summed E-state index contributed by atoms with van der Waals surface area (Å²) in [7, 11) is 3.67. The zero-order chi connectivity index (χ0) is 17.8. The van der Waals surface area contributed by atoms with Gasteiger partial charge < -0.3 is 14.6 Å². The van der Waals surface area contributed by atoms with E-state index in [0.29, 0.717) is 12.2 Å². The van der Waals surface area contributed by atoms with Gasteiger partial charge in [0.2, 0.25) is 6.41 Å². The molecule has 1 aliphatic carbocycles. The number of benzene rings is 1. The number of nitrogens with zero attached hydrogens (tertiary/aromatic N) is 2. The van der Waals surface area contributed by atoms with Crippen LogP contribution < -0.4 is 10.1 Å². The summed E-state index contributed by atoms with van der Waals surface area (Å²) in [6.07, 6.45) is 6.89.